The SMILES string of the molecule is CC1CN(C)CCCN1c1nc(CCC(=O)O)cs1. The monoisotopic (exact) mass is 283 g/mol. The van der Waals surface area contributed by atoms with Crippen molar-refractivity contribution in [1.82, 2.24) is 9.88 Å². The summed E-state index contributed by atoms with van der Waals surface area (Å²) in [6.07, 6.45) is 1.82. The molecule has 2 heterocycles. The van der Waals surface area contributed by atoms with Crippen molar-refractivity contribution in [3.05, 3.63) is 11.1 Å². The van der Waals surface area contributed by atoms with Crippen molar-refractivity contribution in [1.29, 1.82) is 0 Å². The smallest absolute Gasteiger partial charge is 0.303 e. The molecule has 106 valence electrons. The fraction of sp³-hybridized carbons (Fsp3) is 0.692. The number of thiazole rings is 1. The topological polar surface area (TPSA) is 56.7 Å². The molecule has 1 atom stereocenters. The third kappa shape index (κ3) is 3.91. The fourth-order valence-electron chi connectivity index (χ4n) is 2.43. The lowest BCUT2D eigenvalue weighted by atomic mass is 10.2. The van der Waals surface area contributed by atoms with E-state index in [1.54, 1.807) is 11.3 Å². The highest BCUT2D eigenvalue weighted by molar-refractivity contribution is 7.13. The van der Waals surface area contributed by atoms with Gasteiger partial charge in [-0.2, -0.15) is 0 Å². The summed E-state index contributed by atoms with van der Waals surface area (Å²) >= 11 is 1.63. The van der Waals surface area contributed by atoms with Gasteiger partial charge in [-0.3, -0.25) is 4.79 Å². The summed E-state index contributed by atoms with van der Waals surface area (Å²) < 4.78 is 0. The highest BCUT2D eigenvalue weighted by Gasteiger charge is 2.22. The molecule has 19 heavy (non-hydrogen) atoms. The summed E-state index contributed by atoms with van der Waals surface area (Å²) in [6.45, 7) is 5.42. The molecule has 5 nitrogen and oxygen atoms in total. The Hall–Kier alpha value is -1.14. The highest BCUT2D eigenvalue weighted by Crippen LogP contribution is 2.25. The molecule has 1 aliphatic heterocycles. The van der Waals surface area contributed by atoms with Gasteiger partial charge in [-0.1, -0.05) is 0 Å². The van der Waals surface area contributed by atoms with Gasteiger partial charge in [0.25, 0.3) is 0 Å². The van der Waals surface area contributed by atoms with Crippen LogP contribution in [0.25, 0.3) is 0 Å². The van der Waals surface area contributed by atoms with Crippen LogP contribution in [-0.4, -0.2) is 53.7 Å². The quantitative estimate of drug-likeness (QED) is 0.911. The van der Waals surface area contributed by atoms with Gasteiger partial charge in [-0.15, -0.1) is 11.3 Å². The second-order valence-corrected chi connectivity index (χ2v) is 6.01. The summed E-state index contributed by atoms with van der Waals surface area (Å²) in [5.74, 6) is -0.765. The zero-order chi connectivity index (χ0) is 13.8. The number of carboxylic acid groups (broad SMARTS) is 1. The highest BCUT2D eigenvalue weighted by atomic mass is 32.1. The van der Waals surface area contributed by atoms with E-state index in [4.69, 9.17) is 5.11 Å². The number of aryl methyl sites for hydroxylation is 1. The molecule has 0 spiro atoms. The van der Waals surface area contributed by atoms with Crippen molar-refractivity contribution in [3.63, 3.8) is 0 Å². The lowest BCUT2D eigenvalue weighted by Crippen LogP contribution is -2.37. The maximum Gasteiger partial charge on any atom is 0.303 e. The van der Waals surface area contributed by atoms with E-state index in [-0.39, 0.29) is 6.42 Å². The normalized spacial score (nSPS) is 21.4. The molecule has 1 saturated heterocycles. The van der Waals surface area contributed by atoms with Crippen LogP contribution in [0.2, 0.25) is 0 Å². The summed E-state index contributed by atoms with van der Waals surface area (Å²) in [5, 5.41) is 11.7. The second-order valence-electron chi connectivity index (χ2n) is 5.17. The minimum atomic E-state index is -0.765. The van der Waals surface area contributed by atoms with E-state index in [1.165, 1.54) is 0 Å². The standard InChI is InChI=1S/C13H21N3O2S/c1-10-8-15(2)6-3-7-16(10)13-14-11(9-19-13)4-5-12(17)18/h9-10H,3-8H2,1-2H3,(H,17,18). The first-order valence-electron chi connectivity index (χ1n) is 6.67. The van der Waals surface area contributed by atoms with Crippen LogP contribution in [0, 0.1) is 0 Å². The minimum absolute atomic E-state index is 0.154. The van der Waals surface area contributed by atoms with Crippen LogP contribution in [0.4, 0.5) is 5.13 Å². The molecule has 1 aromatic rings. The molecule has 6 heteroatoms. The maximum absolute atomic E-state index is 10.6. The van der Waals surface area contributed by atoms with Crippen LogP contribution in [0.15, 0.2) is 5.38 Å². The zero-order valence-corrected chi connectivity index (χ0v) is 12.3. The Balaban J connectivity index is 2.02. The number of rotatable bonds is 4. The Morgan fingerprint density at radius 3 is 3.11 bits per heavy atom. The average Bonchev–Trinajstić information content (AvgIpc) is 2.73. The number of aliphatic carboxylic acids is 1. The Labute approximate surface area is 117 Å². The Morgan fingerprint density at radius 2 is 2.37 bits per heavy atom. The Bertz CT molecular complexity index is 435. The second kappa shape index (κ2) is 6.34. The molecule has 0 aliphatic carbocycles. The molecule has 2 rings (SSSR count). The first kappa shape index (κ1) is 14.3. The van der Waals surface area contributed by atoms with E-state index in [1.807, 2.05) is 5.38 Å². The van der Waals surface area contributed by atoms with E-state index >= 15 is 0 Å². The van der Waals surface area contributed by atoms with Crippen molar-refractivity contribution in [2.24, 2.45) is 0 Å². The van der Waals surface area contributed by atoms with Crippen molar-refractivity contribution in [2.75, 3.05) is 31.6 Å². The molecule has 0 saturated carbocycles. The van der Waals surface area contributed by atoms with Gasteiger partial charge in [0.05, 0.1) is 12.1 Å². The van der Waals surface area contributed by atoms with Crippen molar-refractivity contribution >= 4 is 22.4 Å². The number of anilines is 1. The molecule has 0 bridgehead atoms. The minimum Gasteiger partial charge on any atom is -0.481 e. The number of hydrogen-bond donors (Lipinski definition) is 1. The molecule has 1 N–H and O–H groups in total. The largest absolute Gasteiger partial charge is 0.481 e. The molecule has 1 aliphatic rings. The van der Waals surface area contributed by atoms with E-state index in [0.29, 0.717) is 12.5 Å². The lowest BCUT2D eigenvalue weighted by molar-refractivity contribution is -0.136. The number of aromatic nitrogens is 1. The average molecular weight is 283 g/mol. The van der Waals surface area contributed by atoms with Crippen LogP contribution in [0.3, 0.4) is 0 Å². The predicted molar refractivity (Wildman–Crippen MR) is 77.0 cm³/mol. The number of hydrogen-bond acceptors (Lipinski definition) is 5. The lowest BCUT2D eigenvalue weighted by Gasteiger charge is -2.27. The molecular formula is C13H21N3O2S. The molecular weight excluding hydrogens is 262 g/mol. The van der Waals surface area contributed by atoms with Gasteiger partial charge in [-0.25, -0.2) is 4.98 Å². The number of carboxylic acids is 1. The molecule has 1 fully saturated rings. The van der Waals surface area contributed by atoms with Crippen LogP contribution >= 0.6 is 11.3 Å². The van der Waals surface area contributed by atoms with Gasteiger partial charge in [0.15, 0.2) is 5.13 Å². The van der Waals surface area contributed by atoms with Gasteiger partial charge in [0, 0.05) is 30.9 Å². The van der Waals surface area contributed by atoms with Gasteiger partial charge in [0.1, 0.15) is 0 Å². The molecule has 1 unspecified atom stereocenters. The van der Waals surface area contributed by atoms with Gasteiger partial charge in [0.2, 0.25) is 0 Å². The van der Waals surface area contributed by atoms with Crippen LogP contribution in [0.5, 0.6) is 0 Å². The van der Waals surface area contributed by atoms with Gasteiger partial charge >= 0.3 is 5.97 Å². The van der Waals surface area contributed by atoms with Crippen LogP contribution in [0.1, 0.15) is 25.5 Å². The van der Waals surface area contributed by atoms with E-state index in [2.05, 4.69) is 28.8 Å². The van der Waals surface area contributed by atoms with Gasteiger partial charge < -0.3 is 14.9 Å². The van der Waals surface area contributed by atoms with E-state index in [0.717, 1.165) is 36.9 Å². The Morgan fingerprint density at radius 1 is 1.58 bits per heavy atom. The number of carbonyl (C=O) groups is 1. The van der Waals surface area contributed by atoms with E-state index < -0.39 is 5.97 Å². The molecule has 0 radical (unpaired) electrons. The summed E-state index contributed by atoms with van der Waals surface area (Å²) in [5.41, 5.74) is 0.896. The third-order valence-electron chi connectivity index (χ3n) is 3.43. The Kier molecular flexibility index (Phi) is 4.76. The third-order valence-corrected chi connectivity index (χ3v) is 4.35. The van der Waals surface area contributed by atoms with Crippen molar-refractivity contribution in [3.8, 4) is 0 Å². The van der Waals surface area contributed by atoms with Crippen LogP contribution < -0.4 is 4.90 Å². The molecule has 0 amide bonds. The fourth-order valence-corrected chi connectivity index (χ4v) is 3.42. The first-order valence-corrected chi connectivity index (χ1v) is 7.55. The zero-order valence-electron chi connectivity index (χ0n) is 11.5. The first-order chi connectivity index (χ1) is 9.06. The van der Waals surface area contributed by atoms with Crippen molar-refractivity contribution < 1.29 is 9.90 Å². The summed E-state index contributed by atoms with van der Waals surface area (Å²) in [6, 6.07) is 0.450. The van der Waals surface area contributed by atoms with Gasteiger partial charge in [-0.05, 0) is 26.9 Å². The van der Waals surface area contributed by atoms with E-state index in [9.17, 15) is 4.79 Å². The maximum atomic E-state index is 10.6. The van der Waals surface area contributed by atoms with Crippen LogP contribution in [-0.2, 0) is 11.2 Å². The van der Waals surface area contributed by atoms with Crippen molar-refractivity contribution in [2.45, 2.75) is 32.2 Å². The number of nitrogens with zero attached hydrogens (tertiary/aromatic N) is 3. The molecule has 0 aromatic carbocycles. The predicted octanol–water partition coefficient (Wildman–Crippen LogP) is 1.69. The summed E-state index contributed by atoms with van der Waals surface area (Å²) in [7, 11) is 2.15. The number of likely N-dealkylation sites (N-methyl/N-ethyl adjacent to an activating group) is 1. The summed E-state index contributed by atoms with van der Waals surface area (Å²) in [4.78, 5) is 19.9. The molecule has 1 aromatic heterocycles.